The molecule has 0 radical (unpaired) electrons. The van der Waals surface area contributed by atoms with Crippen LogP contribution in [0.5, 0.6) is 0 Å². The number of hydrogen-bond acceptors (Lipinski definition) is 7. The number of likely N-dealkylation sites (tertiary alicyclic amines) is 1. The minimum absolute atomic E-state index is 0.0540. The number of pyridine rings is 1. The molecular formula is C26H27ClFN5O5S. The summed E-state index contributed by atoms with van der Waals surface area (Å²) in [5, 5.41) is 14.6. The van der Waals surface area contributed by atoms with Crippen LogP contribution in [0, 0.1) is 11.7 Å². The lowest BCUT2D eigenvalue weighted by Gasteiger charge is -2.24. The van der Waals surface area contributed by atoms with Crippen molar-refractivity contribution >= 4 is 46.3 Å². The Balaban J connectivity index is 1.43. The van der Waals surface area contributed by atoms with Crippen molar-refractivity contribution in [2.45, 2.75) is 6.04 Å². The van der Waals surface area contributed by atoms with E-state index in [1.807, 2.05) is 0 Å². The number of nitrogens with zero attached hydrogens (tertiary/aromatic N) is 3. The van der Waals surface area contributed by atoms with Gasteiger partial charge in [-0.05, 0) is 30.3 Å². The van der Waals surface area contributed by atoms with E-state index in [-0.39, 0.29) is 55.8 Å². The summed E-state index contributed by atoms with van der Waals surface area (Å²) in [5.41, 5.74) is -0.0588. The maximum atomic E-state index is 14.8. The van der Waals surface area contributed by atoms with E-state index in [2.05, 4.69) is 10.6 Å². The molecule has 0 bridgehead atoms. The van der Waals surface area contributed by atoms with Crippen LogP contribution >= 0.6 is 22.9 Å². The number of aliphatic hydroxyl groups is 1. The highest BCUT2D eigenvalue weighted by molar-refractivity contribution is 7.18. The minimum atomic E-state index is -0.712. The highest BCUT2D eigenvalue weighted by atomic mass is 35.5. The van der Waals surface area contributed by atoms with E-state index in [1.165, 1.54) is 33.9 Å². The van der Waals surface area contributed by atoms with Crippen LogP contribution in [0.3, 0.4) is 0 Å². The molecule has 3 N–H and O–H groups in total. The lowest BCUT2D eigenvalue weighted by Crippen LogP contribution is -2.47. The van der Waals surface area contributed by atoms with E-state index < -0.39 is 23.7 Å². The third-order valence-corrected chi connectivity index (χ3v) is 7.56. The van der Waals surface area contributed by atoms with Crippen LogP contribution in [-0.4, -0.2) is 83.1 Å². The molecule has 2 aromatic heterocycles. The molecule has 2 atom stereocenters. The number of benzene rings is 1. The van der Waals surface area contributed by atoms with E-state index in [9.17, 15) is 28.7 Å². The third-order valence-electron chi connectivity index (χ3n) is 6.33. The topological polar surface area (TPSA) is 124 Å². The van der Waals surface area contributed by atoms with Gasteiger partial charge in [-0.1, -0.05) is 17.7 Å². The SMILES string of the molecule is CN(CCO)C(=O)[C@H]1CN(CC(=O)Nc2ccc(-n3ccccc3=O)cc2F)C[C@@H]1NC(=O)c1ccc(Cl)s1. The average molecular weight is 576 g/mol. The van der Waals surface area contributed by atoms with Gasteiger partial charge in [-0.2, -0.15) is 0 Å². The number of likely N-dealkylation sites (N-methyl/N-ethyl adjacent to an activating group) is 1. The van der Waals surface area contributed by atoms with Crippen molar-refractivity contribution < 1.29 is 23.9 Å². The molecule has 0 spiro atoms. The van der Waals surface area contributed by atoms with Crippen molar-refractivity contribution in [3.05, 3.63) is 80.1 Å². The van der Waals surface area contributed by atoms with Gasteiger partial charge in [0, 0.05) is 45.0 Å². The molecule has 3 heterocycles. The van der Waals surface area contributed by atoms with Gasteiger partial charge in [-0.25, -0.2) is 4.39 Å². The van der Waals surface area contributed by atoms with Gasteiger partial charge >= 0.3 is 0 Å². The lowest BCUT2D eigenvalue weighted by atomic mass is 10.0. The largest absolute Gasteiger partial charge is 0.395 e. The van der Waals surface area contributed by atoms with Crippen LogP contribution in [0.1, 0.15) is 9.67 Å². The summed E-state index contributed by atoms with van der Waals surface area (Å²) in [6.45, 7) is 0.150. The fourth-order valence-electron chi connectivity index (χ4n) is 4.42. The Kier molecular flexibility index (Phi) is 9.12. The van der Waals surface area contributed by atoms with Crippen molar-refractivity contribution in [3.63, 3.8) is 0 Å². The quantitative estimate of drug-likeness (QED) is 0.358. The summed E-state index contributed by atoms with van der Waals surface area (Å²) in [4.78, 5) is 54.1. The lowest BCUT2D eigenvalue weighted by molar-refractivity contribution is -0.134. The number of carbonyl (C=O) groups is 3. The van der Waals surface area contributed by atoms with Crippen molar-refractivity contribution in [3.8, 4) is 5.69 Å². The molecule has 0 saturated carbocycles. The van der Waals surface area contributed by atoms with Crippen LogP contribution in [0.4, 0.5) is 10.1 Å². The number of thiophene rings is 1. The molecular weight excluding hydrogens is 549 g/mol. The van der Waals surface area contributed by atoms with Crippen LogP contribution < -0.4 is 16.2 Å². The second-order valence-electron chi connectivity index (χ2n) is 9.09. The molecule has 13 heteroatoms. The van der Waals surface area contributed by atoms with Crippen LogP contribution in [-0.2, 0) is 9.59 Å². The molecule has 10 nitrogen and oxygen atoms in total. The molecule has 3 aromatic rings. The Bertz CT molecular complexity index is 1430. The molecule has 1 fully saturated rings. The van der Waals surface area contributed by atoms with Gasteiger partial charge in [0.2, 0.25) is 11.8 Å². The number of nitrogens with one attached hydrogen (secondary N) is 2. The van der Waals surface area contributed by atoms with Gasteiger partial charge < -0.3 is 20.6 Å². The monoisotopic (exact) mass is 575 g/mol. The van der Waals surface area contributed by atoms with Gasteiger partial charge in [0.15, 0.2) is 0 Å². The average Bonchev–Trinajstić information content (AvgIpc) is 3.51. The first kappa shape index (κ1) is 28.4. The number of hydrogen-bond donors (Lipinski definition) is 3. The molecule has 0 aliphatic carbocycles. The fraction of sp³-hybridized carbons (Fsp3) is 0.308. The molecule has 1 aliphatic heterocycles. The Morgan fingerprint density at radius 1 is 1.18 bits per heavy atom. The Hall–Kier alpha value is -3.58. The van der Waals surface area contributed by atoms with Gasteiger partial charge in [0.1, 0.15) is 5.82 Å². The summed E-state index contributed by atoms with van der Waals surface area (Å²) in [5.74, 6) is -2.54. The number of aromatic nitrogens is 1. The number of halogens is 2. The van der Waals surface area contributed by atoms with Gasteiger partial charge in [0.05, 0.1) is 45.7 Å². The van der Waals surface area contributed by atoms with Gasteiger partial charge in [0.25, 0.3) is 11.5 Å². The Morgan fingerprint density at radius 3 is 2.64 bits per heavy atom. The predicted molar refractivity (Wildman–Crippen MR) is 146 cm³/mol. The zero-order chi connectivity index (χ0) is 28.1. The first-order valence-corrected chi connectivity index (χ1v) is 13.3. The molecule has 1 aromatic carbocycles. The highest BCUT2D eigenvalue weighted by Crippen LogP contribution is 2.24. The van der Waals surface area contributed by atoms with E-state index in [4.69, 9.17) is 11.6 Å². The van der Waals surface area contributed by atoms with E-state index in [1.54, 1.807) is 36.2 Å². The summed E-state index contributed by atoms with van der Waals surface area (Å²) in [7, 11) is 1.56. The number of anilines is 1. The maximum Gasteiger partial charge on any atom is 0.261 e. The van der Waals surface area contributed by atoms with Gasteiger partial charge in [-0.15, -0.1) is 11.3 Å². The second kappa shape index (κ2) is 12.5. The molecule has 39 heavy (non-hydrogen) atoms. The number of carbonyl (C=O) groups excluding carboxylic acids is 3. The number of amides is 3. The molecule has 3 amide bonds. The van der Waals surface area contributed by atoms with E-state index in [0.29, 0.717) is 14.9 Å². The zero-order valence-corrected chi connectivity index (χ0v) is 22.5. The highest BCUT2D eigenvalue weighted by Gasteiger charge is 2.40. The Labute approximate surface area is 232 Å². The minimum Gasteiger partial charge on any atom is -0.395 e. The smallest absolute Gasteiger partial charge is 0.261 e. The van der Waals surface area contributed by atoms with E-state index in [0.717, 1.165) is 17.4 Å². The molecule has 1 aliphatic rings. The summed E-state index contributed by atoms with van der Waals surface area (Å²) in [6.07, 6.45) is 1.51. The summed E-state index contributed by atoms with van der Waals surface area (Å²) >= 11 is 7.05. The summed E-state index contributed by atoms with van der Waals surface area (Å²) in [6, 6.07) is 11.2. The van der Waals surface area contributed by atoms with Gasteiger partial charge in [-0.3, -0.25) is 28.6 Å². The number of aliphatic hydroxyl groups excluding tert-OH is 1. The zero-order valence-electron chi connectivity index (χ0n) is 21.0. The normalized spacial score (nSPS) is 17.1. The molecule has 206 valence electrons. The van der Waals surface area contributed by atoms with Crippen molar-refractivity contribution in [2.75, 3.05) is 45.2 Å². The molecule has 1 saturated heterocycles. The van der Waals surface area contributed by atoms with Crippen LogP contribution in [0.15, 0.2) is 59.5 Å². The standard InChI is InChI=1S/C26H27ClFN5O5S/c1-31(10-11-34)26(38)17-13-32(14-20(17)30-25(37)21-7-8-22(27)39-21)15-23(35)29-19-6-5-16(12-18(19)28)33-9-3-2-4-24(33)36/h2-9,12,17,20,34H,10-11,13-15H2,1H3,(H,29,35)(H,30,37)/t17-,20-/m0/s1. The first-order valence-electron chi connectivity index (χ1n) is 12.1. The van der Waals surface area contributed by atoms with Crippen molar-refractivity contribution in [1.82, 2.24) is 19.7 Å². The van der Waals surface area contributed by atoms with Crippen molar-refractivity contribution in [2.24, 2.45) is 5.92 Å². The van der Waals surface area contributed by atoms with Crippen molar-refractivity contribution in [1.29, 1.82) is 0 Å². The summed E-state index contributed by atoms with van der Waals surface area (Å²) < 4.78 is 16.5. The van der Waals surface area contributed by atoms with E-state index >= 15 is 0 Å². The molecule has 4 rings (SSSR count). The number of rotatable bonds is 9. The fourth-order valence-corrected chi connectivity index (χ4v) is 5.36. The second-order valence-corrected chi connectivity index (χ2v) is 10.8. The Morgan fingerprint density at radius 2 is 1.97 bits per heavy atom. The van der Waals surface area contributed by atoms with Crippen LogP contribution in [0.2, 0.25) is 4.34 Å². The maximum absolute atomic E-state index is 14.8. The third kappa shape index (κ3) is 6.90. The van der Waals surface area contributed by atoms with Crippen LogP contribution in [0.25, 0.3) is 5.69 Å². The predicted octanol–water partition coefficient (Wildman–Crippen LogP) is 1.81. The molecule has 0 unspecified atom stereocenters. The first-order chi connectivity index (χ1) is 18.7.